The summed E-state index contributed by atoms with van der Waals surface area (Å²) in [5.74, 6) is 5.50. The molecule has 0 amide bonds. The van der Waals surface area contributed by atoms with Gasteiger partial charge in [-0.25, -0.2) is 0 Å². The van der Waals surface area contributed by atoms with Crippen molar-refractivity contribution < 1.29 is 19.3 Å². The minimum Gasteiger partial charge on any atom is -0.396 e. The van der Waals surface area contributed by atoms with Crippen molar-refractivity contribution in [2.75, 3.05) is 46.1 Å². The molecule has 0 saturated heterocycles. The molecule has 7 N–H and O–H groups in total. The van der Waals surface area contributed by atoms with Gasteiger partial charge in [-0.15, -0.1) is 0 Å². The fourth-order valence-electron chi connectivity index (χ4n) is 9.47. The second-order valence-electron chi connectivity index (χ2n) is 13.8. The van der Waals surface area contributed by atoms with E-state index < -0.39 is 0 Å². The van der Waals surface area contributed by atoms with Gasteiger partial charge < -0.3 is 36.5 Å². The second kappa shape index (κ2) is 14.9. The van der Waals surface area contributed by atoms with E-state index in [-0.39, 0.29) is 29.6 Å². The summed E-state index contributed by atoms with van der Waals surface area (Å²) in [5, 5.41) is 9.58. The summed E-state index contributed by atoms with van der Waals surface area (Å²) in [6, 6.07) is 0. The van der Waals surface area contributed by atoms with Gasteiger partial charge in [0.2, 0.25) is 0 Å². The molecule has 0 aliphatic heterocycles. The molecular weight excluding hydrogens is 502 g/mol. The summed E-state index contributed by atoms with van der Waals surface area (Å²) in [5.41, 5.74) is 17.8. The van der Waals surface area contributed by atoms with Gasteiger partial charge in [0.1, 0.15) is 0 Å². The highest BCUT2D eigenvalue weighted by atomic mass is 16.5. The van der Waals surface area contributed by atoms with E-state index in [1.165, 1.54) is 19.3 Å². The normalized spacial score (nSPS) is 39.1. The highest BCUT2D eigenvalue weighted by molar-refractivity contribution is 5.32. The summed E-state index contributed by atoms with van der Waals surface area (Å²) in [4.78, 5) is 0. The van der Waals surface area contributed by atoms with Crippen LogP contribution in [0.1, 0.15) is 97.8 Å². The van der Waals surface area contributed by atoms with Crippen LogP contribution >= 0.6 is 0 Å². The highest BCUT2D eigenvalue weighted by Crippen LogP contribution is 2.70. The van der Waals surface area contributed by atoms with Crippen LogP contribution in [0.25, 0.3) is 0 Å². The Morgan fingerprint density at radius 3 is 2.20 bits per heavy atom. The predicted molar refractivity (Wildman–Crippen MR) is 161 cm³/mol. The standard InChI is InChI=1S/C33H61N3O4/c1-23(8-4-16-37)26-9-10-27-31-28(22-30(33(26,27)3)40-19-7-15-36)32(2)12-11-25(38-17-5-13-34)20-24(32)21-29(31)39-18-6-14-35/h23,25-30,37H,4-22,34-36H2,1-3H3. The van der Waals surface area contributed by atoms with Gasteiger partial charge in [0, 0.05) is 37.8 Å². The van der Waals surface area contributed by atoms with E-state index in [4.69, 9.17) is 31.4 Å². The van der Waals surface area contributed by atoms with Crippen LogP contribution in [-0.4, -0.2) is 69.5 Å². The lowest BCUT2D eigenvalue weighted by Gasteiger charge is -2.64. The number of fused-ring (bicyclic) bond motifs is 5. The van der Waals surface area contributed by atoms with Crippen LogP contribution in [0.5, 0.6) is 0 Å². The Labute approximate surface area is 245 Å². The van der Waals surface area contributed by atoms with Gasteiger partial charge in [0.05, 0.1) is 18.3 Å². The van der Waals surface area contributed by atoms with Gasteiger partial charge in [-0.2, -0.15) is 0 Å². The quantitative estimate of drug-likeness (QED) is 0.205. The molecule has 7 heteroatoms. The number of ether oxygens (including phenoxy) is 3. The van der Waals surface area contributed by atoms with Crippen LogP contribution in [0, 0.1) is 46.3 Å². The van der Waals surface area contributed by atoms with Crippen LogP contribution in [-0.2, 0) is 14.2 Å². The van der Waals surface area contributed by atoms with Crippen molar-refractivity contribution in [1.29, 1.82) is 0 Å². The van der Waals surface area contributed by atoms with Crippen molar-refractivity contribution in [2.24, 2.45) is 51.7 Å². The lowest BCUT2D eigenvalue weighted by atomic mass is 9.43. The largest absolute Gasteiger partial charge is 0.396 e. The molecule has 0 spiro atoms. The molecule has 9 atom stereocenters. The molecule has 0 bridgehead atoms. The van der Waals surface area contributed by atoms with E-state index in [0.717, 1.165) is 77.6 Å². The first kappa shape index (κ1) is 32.6. The van der Waals surface area contributed by atoms with Crippen molar-refractivity contribution in [3.8, 4) is 0 Å². The van der Waals surface area contributed by atoms with E-state index in [1.54, 1.807) is 11.8 Å². The Balaban J connectivity index is 1.64. The predicted octanol–water partition coefficient (Wildman–Crippen LogP) is 4.39. The molecule has 2 radical (unpaired) electrons. The molecule has 4 fully saturated rings. The number of rotatable bonds is 16. The Morgan fingerprint density at radius 1 is 0.850 bits per heavy atom. The first-order chi connectivity index (χ1) is 19.3. The van der Waals surface area contributed by atoms with Gasteiger partial charge in [-0.1, -0.05) is 20.8 Å². The molecule has 4 aliphatic rings. The summed E-state index contributed by atoms with van der Waals surface area (Å²) < 4.78 is 20.0. The zero-order chi connectivity index (χ0) is 28.8. The number of hydrogen-bond donors (Lipinski definition) is 4. The van der Waals surface area contributed by atoms with E-state index in [9.17, 15) is 5.11 Å². The number of aliphatic hydroxyl groups excluding tert-OH is 1. The highest BCUT2D eigenvalue weighted by Gasteiger charge is 2.67. The van der Waals surface area contributed by atoms with E-state index in [2.05, 4.69) is 20.8 Å². The summed E-state index contributed by atoms with van der Waals surface area (Å²) in [6.45, 7) is 12.0. The molecule has 0 aromatic heterocycles. The topological polar surface area (TPSA) is 126 Å². The third-order valence-electron chi connectivity index (χ3n) is 11.6. The Bertz CT molecular complexity index is 757. The van der Waals surface area contributed by atoms with E-state index >= 15 is 0 Å². The van der Waals surface area contributed by atoms with Crippen molar-refractivity contribution >= 4 is 0 Å². The number of nitrogens with two attached hydrogens (primary N) is 3. The van der Waals surface area contributed by atoms with Gasteiger partial charge in [-0.05, 0) is 132 Å². The molecule has 9 unspecified atom stereocenters. The number of aliphatic hydroxyl groups is 1. The molecule has 7 nitrogen and oxygen atoms in total. The van der Waals surface area contributed by atoms with Crippen LogP contribution < -0.4 is 17.2 Å². The smallest absolute Gasteiger partial charge is 0.0649 e. The Hall–Kier alpha value is -0.280. The monoisotopic (exact) mass is 563 g/mol. The lowest BCUT2D eigenvalue weighted by Crippen LogP contribution is -2.62. The number of hydrogen-bond acceptors (Lipinski definition) is 7. The third kappa shape index (κ3) is 6.61. The van der Waals surface area contributed by atoms with Gasteiger partial charge in [-0.3, -0.25) is 0 Å². The van der Waals surface area contributed by atoms with Gasteiger partial charge in [0.15, 0.2) is 0 Å². The first-order valence-corrected chi connectivity index (χ1v) is 16.6. The Kier molecular flexibility index (Phi) is 12.2. The fourth-order valence-corrected chi connectivity index (χ4v) is 9.47. The zero-order valence-electron chi connectivity index (χ0n) is 25.9. The molecule has 232 valence electrons. The van der Waals surface area contributed by atoms with Crippen molar-refractivity contribution in [2.45, 2.75) is 116 Å². The maximum Gasteiger partial charge on any atom is 0.0649 e. The lowest BCUT2D eigenvalue weighted by molar-refractivity contribution is -0.152. The average Bonchev–Trinajstić information content (AvgIpc) is 3.31. The van der Waals surface area contributed by atoms with Crippen LogP contribution in [0.3, 0.4) is 0 Å². The summed E-state index contributed by atoms with van der Waals surface area (Å²) >= 11 is 0. The van der Waals surface area contributed by atoms with Crippen LogP contribution in [0.4, 0.5) is 0 Å². The van der Waals surface area contributed by atoms with Crippen molar-refractivity contribution in [1.82, 2.24) is 0 Å². The SMILES string of the molecule is CC(CCCO)C1CCC2[C]3C(OCCCN)C[C]4CC(OCCCN)CCC4(C)C3CC(OCCCN)C21C. The fraction of sp³-hybridized carbons (Fsp3) is 0.939. The van der Waals surface area contributed by atoms with Crippen molar-refractivity contribution in [3.63, 3.8) is 0 Å². The van der Waals surface area contributed by atoms with Crippen molar-refractivity contribution in [3.05, 3.63) is 11.8 Å². The molecule has 0 aromatic rings. The average molecular weight is 564 g/mol. The zero-order valence-corrected chi connectivity index (χ0v) is 25.9. The summed E-state index contributed by atoms with van der Waals surface area (Å²) in [6.07, 6.45) is 13.3. The molecule has 40 heavy (non-hydrogen) atoms. The molecule has 4 saturated carbocycles. The van der Waals surface area contributed by atoms with E-state index in [1.807, 2.05) is 0 Å². The van der Waals surface area contributed by atoms with Gasteiger partial charge in [0.25, 0.3) is 0 Å². The first-order valence-electron chi connectivity index (χ1n) is 16.6. The molecule has 4 aliphatic carbocycles. The molecular formula is C33H61N3O4. The summed E-state index contributed by atoms with van der Waals surface area (Å²) in [7, 11) is 0. The minimum atomic E-state index is 0.0845. The maximum atomic E-state index is 9.58. The third-order valence-corrected chi connectivity index (χ3v) is 11.6. The van der Waals surface area contributed by atoms with Crippen LogP contribution in [0.2, 0.25) is 0 Å². The Morgan fingerprint density at radius 2 is 1.52 bits per heavy atom. The van der Waals surface area contributed by atoms with E-state index in [0.29, 0.717) is 49.4 Å². The molecule has 4 rings (SSSR count). The molecule has 0 aromatic carbocycles. The minimum absolute atomic E-state index is 0.0845. The molecule has 0 heterocycles. The maximum absolute atomic E-state index is 9.58. The van der Waals surface area contributed by atoms with Gasteiger partial charge >= 0.3 is 0 Å². The van der Waals surface area contributed by atoms with Crippen LogP contribution in [0.15, 0.2) is 0 Å². The second-order valence-corrected chi connectivity index (χ2v) is 13.8.